The Morgan fingerprint density at radius 3 is 3.00 bits per heavy atom. The molecule has 1 amide bonds. The van der Waals surface area contributed by atoms with Gasteiger partial charge in [0, 0.05) is 37.3 Å². The molecule has 0 fully saturated rings. The Morgan fingerprint density at radius 2 is 2.30 bits per heavy atom. The molecule has 0 saturated carbocycles. The van der Waals surface area contributed by atoms with Crippen LogP contribution in [0.4, 0.5) is 0 Å². The van der Waals surface area contributed by atoms with Crippen molar-refractivity contribution < 1.29 is 9.90 Å². The standard InChI is InChI=1S/C14H24N4O2/c1-9(19)6-14(2,3)8-16-13(20)12-10-7-15-5-4-11(10)17-18-12/h9,15,19H,4-8H2,1-3H3,(H,16,20)(H,17,18). The first-order valence-electron chi connectivity index (χ1n) is 7.12. The minimum absolute atomic E-state index is 0.140. The number of aliphatic hydroxyl groups excluding tert-OH is 1. The van der Waals surface area contributed by atoms with Crippen LogP contribution in [0.3, 0.4) is 0 Å². The Morgan fingerprint density at radius 1 is 1.55 bits per heavy atom. The summed E-state index contributed by atoms with van der Waals surface area (Å²) in [6, 6.07) is 0. The molecule has 112 valence electrons. The molecule has 0 bridgehead atoms. The van der Waals surface area contributed by atoms with Crippen molar-refractivity contribution in [2.24, 2.45) is 5.41 Å². The molecule has 2 heterocycles. The van der Waals surface area contributed by atoms with Gasteiger partial charge in [-0.05, 0) is 18.8 Å². The average Bonchev–Trinajstić information content (AvgIpc) is 2.78. The SMILES string of the molecule is CC(O)CC(C)(C)CNC(=O)c1n[nH]c2c1CNCC2. The number of hydrogen-bond acceptors (Lipinski definition) is 4. The molecule has 0 spiro atoms. The van der Waals surface area contributed by atoms with Gasteiger partial charge in [0.25, 0.3) is 5.91 Å². The fraction of sp³-hybridized carbons (Fsp3) is 0.714. The molecule has 1 aromatic rings. The molecular formula is C14H24N4O2. The highest BCUT2D eigenvalue weighted by Gasteiger charge is 2.25. The lowest BCUT2D eigenvalue weighted by Gasteiger charge is -2.26. The molecule has 0 aliphatic carbocycles. The maximum Gasteiger partial charge on any atom is 0.272 e. The molecule has 4 N–H and O–H groups in total. The topological polar surface area (TPSA) is 90.0 Å². The van der Waals surface area contributed by atoms with Crippen molar-refractivity contribution in [3.63, 3.8) is 0 Å². The van der Waals surface area contributed by atoms with Gasteiger partial charge in [0.05, 0.1) is 6.10 Å². The van der Waals surface area contributed by atoms with Gasteiger partial charge in [0.15, 0.2) is 5.69 Å². The van der Waals surface area contributed by atoms with E-state index in [4.69, 9.17) is 0 Å². The first-order chi connectivity index (χ1) is 9.39. The van der Waals surface area contributed by atoms with Crippen LogP contribution >= 0.6 is 0 Å². The van der Waals surface area contributed by atoms with Crippen LogP contribution in [-0.2, 0) is 13.0 Å². The third-order valence-corrected chi connectivity index (χ3v) is 3.60. The van der Waals surface area contributed by atoms with E-state index >= 15 is 0 Å². The molecule has 1 aromatic heterocycles. The number of carbonyl (C=O) groups is 1. The van der Waals surface area contributed by atoms with Gasteiger partial charge in [0.2, 0.25) is 0 Å². The Bertz CT molecular complexity index is 480. The summed E-state index contributed by atoms with van der Waals surface area (Å²) in [7, 11) is 0. The van der Waals surface area contributed by atoms with E-state index in [9.17, 15) is 9.90 Å². The fourth-order valence-corrected chi connectivity index (χ4v) is 2.69. The quantitative estimate of drug-likeness (QED) is 0.635. The third kappa shape index (κ3) is 3.58. The molecule has 0 aromatic carbocycles. The van der Waals surface area contributed by atoms with Gasteiger partial charge in [-0.2, -0.15) is 5.10 Å². The largest absolute Gasteiger partial charge is 0.393 e. The van der Waals surface area contributed by atoms with Crippen molar-refractivity contribution in [3.05, 3.63) is 17.0 Å². The zero-order valence-corrected chi connectivity index (χ0v) is 12.4. The van der Waals surface area contributed by atoms with Crippen molar-refractivity contribution in [1.82, 2.24) is 20.8 Å². The molecule has 1 aliphatic heterocycles. The number of aromatic nitrogens is 2. The maximum atomic E-state index is 12.2. The van der Waals surface area contributed by atoms with Gasteiger partial charge < -0.3 is 15.7 Å². The van der Waals surface area contributed by atoms with Crippen molar-refractivity contribution in [3.8, 4) is 0 Å². The first-order valence-corrected chi connectivity index (χ1v) is 7.12. The second-order valence-corrected chi connectivity index (χ2v) is 6.36. The highest BCUT2D eigenvalue weighted by Crippen LogP contribution is 2.21. The summed E-state index contributed by atoms with van der Waals surface area (Å²) < 4.78 is 0. The third-order valence-electron chi connectivity index (χ3n) is 3.60. The van der Waals surface area contributed by atoms with Crippen molar-refractivity contribution in [1.29, 1.82) is 0 Å². The normalized spacial score (nSPS) is 16.6. The summed E-state index contributed by atoms with van der Waals surface area (Å²) in [5.74, 6) is -0.148. The van der Waals surface area contributed by atoms with E-state index in [2.05, 4.69) is 20.8 Å². The van der Waals surface area contributed by atoms with Crippen molar-refractivity contribution in [2.75, 3.05) is 13.1 Å². The number of rotatable bonds is 5. The summed E-state index contributed by atoms with van der Waals surface area (Å²) in [4.78, 5) is 12.2. The summed E-state index contributed by atoms with van der Waals surface area (Å²) in [5, 5.41) is 22.7. The zero-order chi connectivity index (χ0) is 14.8. The van der Waals surface area contributed by atoms with E-state index in [1.54, 1.807) is 6.92 Å². The minimum Gasteiger partial charge on any atom is -0.393 e. The number of nitrogens with one attached hydrogen (secondary N) is 3. The molecule has 1 aliphatic rings. The van der Waals surface area contributed by atoms with E-state index in [-0.39, 0.29) is 17.4 Å². The number of amides is 1. The summed E-state index contributed by atoms with van der Waals surface area (Å²) in [5.41, 5.74) is 2.37. The van der Waals surface area contributed by atoms with E-state index in [0.717, 1.165) is 24.2 Å². The van der Waals surface area contributed by atoms with E-state index < -0.39 is 0 Å². The number of hydrogen-bond donors (Lipinski definition) is 4. The molecule has 6 nitrogen and oxygen atoms in total. The highest BCUT2D eigenvalue weighted by atomic mass is 16.3. The van der Waals surface area contributed by atoms with Gasteiger partial charge in [-0.25, -0.2) is 0 Å². The van der Waals surface area contributed by atoms with Gasteiger partial charge in [-0.3, -0.25) is 9.89 Å². The summed E-state index contributed by atoms with van der Waals surface area (Å²) >= 11 is 0. The second-order valence-electron chi connectivity index (χ2n) is 6.36. The Labute approximate surface area is 119 Å². The Hall–Kier alpha value is -1.40. The van der Waals surface area contributed by atoms with Gasteiger partial charge in [0.1, 0.15) is 0 Å². The average molecular weight is 280 g/mol. The van der Waals surface area contributed by atoms with Crippen molar-refractivity contribution >= 4 is 5.91 Å². The van der Waals surface area contributed by atoms with Crippen LogP contribution in [-0.4, -0.2) is 40.4 Å². The Kier molecular flexibility index (Phi) is 4.45. The van der Waals surface area contributed by atoms with Gasteiger partial charge in [-0.1, -0.05) is 13.8 Å². The number of aromatic amines is 1. The van der Waals surface area contributed by atoms with Crippen molar-refractivity contribution in [2.45, 2.75) is 46.3 Å². The van der Waals surface area contributed by atoms with Crippen LogP contribution in [0.25, 0.3) is 0 Å². The number of nitrogens with zero attached hydrogens (tertiary/aromatic N) is 1. The molecule has 0 saturated heterocycles. The summed E-state index contributed by atoms with van der Waals surface area (Å²) in [6.45, 7) is 7.94. The molecule has 1 atom stereocenters. The highest BCUT2D eigenvalue weighted by molar-refractivity contribution is 5.94. The molecule has 20 heavy (non-hydrogen) atoms. The summed E-state index contributed by atoms with van der Waals surface area (Å²) in [6.07, 6.45) is 1.15. The smallest absolute Gasteiger partial charge is 0.272 e. The number of fused-ring (bicyclic) bond motifs is 1. The van der Waals surface area contributed by atoms with Crippen LogP contribution in [0.15, 0.2) is 0 Å². The molecular weight excluding hydrogens is 256 g/mol. The first kappa shape index (κ1) is 15.0. The molecule has 2 rings (SSSR count). The predicted molar refractivity (Wildman–Crippen MR) is 76.4 cm³/mol. The lowest BCUT2D eigenvalue weighted by Crippen LogP contribution is -2.36. The van der Waals surface area contributed by atoms with E-state index in [0.29, 0.717) is 25.2 Å². The van der Waals surface area contributed by atoms with E-state index in [1.165, 1.54) is 0 Å². The van der Waals surface area contributed by atoms with E-state index in [1.807, 2.05) is 13.8 Å². The zero-order valence-electron chi connectivity index (χ0n) is 12.4. The number of carbonyl (C=O) groups excluding carboxylic acids is 1. The number of aliphatic hydroxyl groups is 1. The molecule has 0 radical (unpaired) electrons. The van der Waals surface area contributed by atoms with Gasteiger partial charge >= 0.3 is 0 Å². The lowest BCUT2D eigenvalue weighted by atomic mass is 9.87. The van der Waals surface area contributed by atoms with Crippen LogP contribution in [0.5, 0.6) is 0 Å². The second kappa shape index (κ2) is 5.93. The monoisotopic (exact) mass is 280 g/mol. The van der Waals surface area contributed by atoms with Crippen LogP contribution in [0.1, 0.15) is 48.9 Å². The van der Waals surface area contributed by atoms with Gasteiger partial charge in [-0.15, -0.1) is 0 Å². The fourth-order valence-electron chi connectivity index (χ4n) is 2.69. The van der Waals surface area contributed by atoms with Crippen LogP contribution in [0, 0.1) is 5.41 Å². The maximum absolute atomic E-state index is 12.2. The molecule has 1 unspecified atom stereocenters. The molecule has 6 heteroatoms. The minimum atomic E-state index is -0.371. The lowest BCUT2D eigenvalue weighted by molar-refractivity contribution is 0.0896. The predicted octanol–water partition coefficient (Wildman–Crippen LogP) is 0.582. The van der Waals surface area contributed by atoms with Crippen LogP contribution in [0.2, 0.25) is 0 Å². The van der Waals surface area contributed by atoms with Crippen LogP contribution < -0.4 is 10.6 Å². The Balaban J connectivity index is 1.97. The number of H-pyrrole nitrogens is 1.